The molecule has 1 N–H and O–H groups in total. The maximum absolute atomic E-state index is 12.9. The van der Waals surface area contributed by atoms with E-state index < -0.39 is 29.8 Å². The van der Waals surface area contributed by atoms with Gasteiger partial charge in [-0.2, -0.15) is 13.2 Å². The lowest BCUT2D eigenvalue weighted by molar-refractivity contribution is -0.242. The van der Waals surface area contributed by atoms with E-state index in [4.69, 9.17) is 4.74 Å². The average Bonchev–Trinajstić information content (AvgIpc) is 2.61. The number of alkyl halides is 3. The van der Waals surface area contributed by atoms with Crippen molar-refractivity contribution in [3.63, 3.8) is 0 Å². The molecule has 0 amide bonds. The van der Waals surface area contributed by atoms with Crippen molar-refractivity contribution in [1.29, 1.82) is 0 Å². The third kappa shape index (κ3) is 6.61. The van der Waals surface area contributed by atoms with Crippen molar-refractivity contribution in [2.75, 3.05) is 6.61 Å². The smallest absolute Gasteiger partial charge is 0.440 e. The van der Waals surface area contributed by atoms with Crippen LogP contribution in [-0.4, -0.2) is 41.5 Å². The maximum Gasteiger partial charge on any atom is 0.440 e. The number of hydrogen-bond acceptors (Lipinski definition) is 5. The molecule has 0 spiro atoms. The Hall–Kier alpha value is -2.53. The zero-order valence-electron chi connectivity index (χ0n) is 15.0. The number of ether oxygens (including phenoxy) is 2. The molecule has 0 aliphatic carbocycles. The first-order valence-electron chi connectivity index (χ1n) is 8.34. The van der Waals surface area contributed by atoms with Crippen LogP contribution >= 0.6 is 0 Å². The van der Waals surface area contributed by atoms with Crippen molar-refractivity contribution in [2.24, 2.45) is 0 Å². The van der Waals surface area contributed by atoms with Crippen LogP contribution in [0.2, 0.25) is 0 Å². The van der Waals surface area contributed by atoms with Crippen molar-refractivity contribution in [3.8, 4) is 11.8 Å². The highest BCUT2D eigenvalue weighted by Crippen LogP contribution is 2.31. The molecule has 0 saturated carbocycles. The number of carbonyl (C=O) groups is 2. The molecule has 0 aliphatic heterocycles. The fourth-order valence-electron chi connectivity index (χ4n) is 2.03. The van der Waals surface area contributed by atoms with E-state index in [9.17, 15) is 27.9 Å². The number of aliphatic hydroxyl groups is 1. The van der Waals surface area contributed by atoms with Crippen LogP contribution in [0.1, 0.15) is 43.5 Å². The monoisotopic (exact) mass is 386 g/mol. The van der Waals surface area contributed by atoms with E-state index in [2.05, 4.69) is 10.7 Å². The molecule has 148 valence electrons. The Morgan fingerprint density at radius 1 is 1.22 bits per heavy atom. The Bertz CT molecular complexity index is 691. The number of benzene rings is 1. The number of esters is 2. The second kappa shape index (κ2) is 9.97. The number of rotatable bonds is 7. The summed E-state index contributed by atoms with van der Waals surface area (Å²) in [6, 6.07) is 8.36. The molecule has 2 atom stereocenters. The Kier molecular flexibility index (Phi) is 8.32. The summed E-state index contributed by atoms with van der Waals surface area (Å²) in [4.78, 5) is 23.3. The van der Waals surface area contributed by atoms with Gasteiger partial charge in [-0.3, -0.25) is 0 Å². The Balaban J connectivity index is 2.54. The van der Waals surface area contributed by atoms with E-state index in [0.29, 0.717) is 18.4 Å². The van der Waals surface area contributed by atoms with Crippen LogP contribution in [-0.2, 0) is 14.3 Å². The van der Waals surface area contributed by atoms with Gasteiger partial charge in [-0.05, 0) is 44.7 Å². The molecule has 1 aromatic carbocycles. The molecule has 27 heavy (non-hydrogen) atoms. The van der Waals surface area contributed by atoms with E-state index in [1.54, 1.807) is 43.2 Å². The zero-order chi connectivity index (χ0) is 20.5. The number of hydrogen-bond donors (Lipinski definition) is 1. The van der Waals surface area contributed by atoms with Crippen molar-refractivity contribution in [1.82, 2.24) is 0 Å². The number of halogens is 3. The zero-order valence-corrected chi connectivity index (χ0v) is 15.0. The van der Waals surface area contributed by atoms with Gasteiger partial charge in [-0.15, -0.1) is 0 Å². The number of unbranched alkanes of at least 4 members (excludes halogenated alkanes) is 1. The molecule has 0 bridgehead atoms. The minimum atomic E-state index is -5.27. The third-order valence-electron chi connectivity index (χ3n) is 3.48. The normalized spacial score (nSPS) is 14.3. The second-order valence-corrected chi connectivity index (χ2v) is 5.70. The van der Waals surface area contributed by atoms with Gasteiger partial charge in [0.15, 0.2) is 0 Å². The van der Waals surface area contributed by atoms with Gasteiger partial charge in [0, 0.05) is 6.42 Å². The van der Waals surface area contributed by atoms with Gasteiger partial charge in [0.2, 0.25) is 0 Å². The maximum atomic E-state index is 12.9. The van der Waals surface area contributed by atoms with Crippen LogP contribution in [0.15, 0.2) is 30.3 Å². The highest BCUT2D eigenvalue weighted by molar-refractivity contribution is 5.89. The van der Waals surface area contributed by atoms with Crippen molar-refractivity contribution < 1.29 is 37.3 Å². The minimum Gasteiger partial charge on any atom is -0.463 e. The first-order chi connectivity index (χ1) is 12.6. The van der Waals surface area contributed by atoms with Gasteiger partial charge >= 0.3 is 23.7 Å². The first kappa shape index (κ1) is 22.5. The average molecular weight is 386 g/mol. The first-order valence-corrected chi connectivity index (χ1v) is 8.34. The summed E-state index contributed by atoms with van der Waals surface area (Å²) < 4.78 is 48.2. The van der Waals surface area contributed by atoms with E-state index in [-0.39, 0.29) is 13.0 Å². The van der Waals surface area contributed by atoms with Crippen LogP contribution in [0.4, 0.5) is 13.2 Å². The molecule has 0 saturated heterocycles. The predicted molar refractivity (Wildman–Crippen MR) is 90.6 cm³/mol. The SMILES string of the molecule is CCOC(=O)C(O)(C#CCCCC(C)OC(=O)c1ccccc1)C(F)(F)F. The molecule has 5 nitrogen and oxygen atoms in total. The summed E-state index contributed by atoms with van der Waals surface area (Å²) in [5.41, 5.74) is -3.46. The molecule has 1 rings (SSSR count). The number of carbonyl (C=O) groups excluding carboxylic acids is 2. The third-order valence-corrected chi connectivity index (χ3v) is 3.48. The lowest BCUT2D eigenvalue weighted by Crippen LogP contribution is -2.52. The van der Waals surface area contributed by atoms with E-state index in [1.165, 1.54) is 6.92 Å². The summed E-state index contributed by atoms with van der Waals surface area (Å²) >= 11 is 0. The molecule has 0 heterocycles. The van der Waals surface area contributed by atoms with Crippen molar-refractivity contribution in [2.45, 2.75) is 51.0 Å². The molecular weight excluding hydrogens is 365 g/mol. The molecule has 1 aromatic rings. The molecule has 0 radical (unpaired) electrons. The molecule has 0 aliphatic rings. The largest absolute Gasteiger partial charge is 0.463 e. The van der Waals surface area contributed by atoms with Crippen LogP contribution in [0.5, 0.6) is 0 Å². The van der Waals surface area contributed by atoms with Gasteiger partial charge in [-0.25, -0.2) is 9.59 Å². The van der Waals surface area contributed by atoms with Crippen LogP contribution in [0.25, 0.3) is 0 Å². The van der Waals surface area contributed by atoms with Gasteiger partial charge < -0.3 is 14.6 Å². The summed E-state index contributed by atoms with van der Waals surface area (Å²) in [6.07, 6.45) is -5.09. The molecule has 2 unspecified atom stereocenters. The van der Waals surface area contributed by atoms with E-state index in [1.807, 2.05) is 0 Å². The van der Waals surface area contributed by atoms with Crippen LogP contribution in [0.3, 0.4) is 0 Å². The highest BCUT2D eigenvalue weighted by atomic mass is 19.4. The Morgan fingerprint density at radius 2 is 1.85 bits per heavy atom. The van der Waals surface area contributed by atoms with Crippen LogP contribution in [0, 0.1) is 11.8 Å². The second-order valence-electron chi connectivity index (χ2n) is 5.70. The fraction of sp³-hybridized carbons (Fsp3) is 0.474. The lowest BCUT2D eigenvalue weighted by Gasteiger charge is -2.22. The lowest BCUT2D eigenvalue weighted by atomic mass is 10.0. The van der Waals surface area contributed by atoms with Gasteiger partial charge in [-0.1, -0.05) is 24.1 Å². The van der Waals surface area contributed by atoms with E-state index in [0.717, 1.165) is 0 Å². The quantitative estimate of drug-likeness (QED) is 0.442. The molecular formula is C19H21F3O5. The van der Waals surface area contributed by atoms with E-state index >= 15 is 0 Å². The van der Waals surface area contributed by atoms with Crippen molar-refractivity contribution >= 4 is 11.9 Å². The molecule has 8 heteroatoms. The van der Waals surface area contributed by atoms with Crippen LogP contribution < -0.4 is 0 Å². The Morgan fingerprint density at radius 3 is 2.41 bits per heavy atom. The topological polar surface area (TPSA) is 72.8 Å². The predicted octanol–water partition coefficient (Wildman–Crippen LogP) is 3.26. The summed E-state index contributed by atoms with van der Waals surface area (Å²) in [5.74, 6) is 1.36. The standard InChI is InChI=1S/C19H21F3O5/c1-3-26-17(24)18(25,19(20,21)22)13-9-5-6-10-14(2)27-16(23)15-11-7-4-8-12-15/h4,7-8,11-12,14,25H,3,5-6,10H2,1-2H3. The van der Waals surface area contributed by atoms with Crippen molar-refractivity contribution in [3.05, 3.63) is 35.9 Å². The highest BCUT2D eigenvalue weighted by Gasteiger charge is 2.60. The molecule has 0 fully saturated rings. The minimum absolute atomic E-state index is 0.0228. The fourth-order valence-corrected chi connectivity index (χ4v) is 2.03. The summed E-state index contributed by atoms with van der Waals surface area (Å²) in [6.45, 7) is 2.66. The summed E-state index contributed by atoms with van der Waals surface area (Å²) in [7, 11) is 0. The summed E-state index contributed by atoms with van der Waals surface area (Å²) in [5, 5.41) is 9.56. The van der Waals surface area contributed by atoms with Gasteiger partial charge in [0.1, 0.15) is 0 Å². The molecule has 0 aromatic heterocycles. The Labute approximate surface area is 155 Å². The van der Waals surface area contributed by atoms with Gasteiger partial charge in [0.05, 0.1) is 18.3 Å². The van der Waals surface area contributed by atoms with Gasteiger partial charge in [0.25, 0.3) is 0 Å².